The highest BCUT2D eigenvalue weighted by molar-refractivity contribution is 5.99. The quantitative estimate of drug-likeness (QED) is 0.880. The van der Waals surface area contributed by atoms with Crippen molar-refractivity contribution in [3.05, 3.63) is 29.7 Å². The van der Waals surface area contributed by atoms with Crippen molar-refractivity contribution < 1.29 is 14.3 Å². The van der Waals surface area contributed by atoms with Gasteiger partial charge >= 0.3 is 5.97 Å². The van der Waals surface area contributed by atoms with Crippen LogP contribution in [0.2, 0.25) is 0 Å². The van der Waals surface area contributed by atoms with E-state index < -0.39 is 5.97 Å². The first-order chi connectivity index (χ1) is 8.72. The first-order valence-corrected chi connectivity index (χ1v) is 6.35. The smallest absolute Gasteiger partial charge is 0.339 e. The second kappa shape index (κ2) is 3.34. The van der Waals surface area contributed by atoms with Gasteiger partial charge in [0.25, 0.3) is 0 Å². The average Bonchev–Trinajstić information content (AvgIpc) is 2.80. The second-order valence-corrected chi connectivity index (χ2v) is 5.44. The van der Waals surface area contributed by atoms with Crippen LogP contribution in [-0.2, 0) is 0 Å². The number of rotatable bonds is 2. The number of carboxylic acid groups (broad SMARTS) is 1. The molecule has 4 rings (SSSR count). The number of benzene rings is 1. The number of aromatic carboxylic acids is 1. The van der Waals surface area contributed by atoms with Crippen molar-refractivity contribution in [1.82, 2.24) is 4.98 Å². The van der Waals surface area contributed by atoms with Crippen molar-refractivity contribution in [3.8, 4) is 0 Å². The van der Waals surface area contributed by atoms with Gasteiger partial charge in [-0.2, -0.15) is 0 Å². The lowest BCUT2D eigenvalue weighted by Crippen LogP contribution is -1.96. The Morgan fingerprint density at radius 1 is 1.28 bits per heavy atom. The van der Waals surface area contributed by atoms with E-state index in [2.05, 4.69) is 4.98 Å². The Hall–Kier alpha value is -1.84. The predicted molar refractivity (Wildman–Crippen MR) is 64.5 cm³/mol. The molecular weight excluding hydrogens is 230 g/mol. The van der Waals surface area contributed by atoms with Gasteiger partial charge in [0.1, 0.15) is 11.1 Å². The van der Waals surface area contributed by atoms with Crippen molar-refractivity contribution in [3.63, 3.8) is 0 Å². The van der Waals surface area contributed by atoms with Crippen LogP contribution in [0.4, 0.5) is 0 Å². The van der Waals surface area contributed by atoms with Crippen LogP contribution in [0.15, 0.2) is 22.6 Å². The Bertz CT molecular complexity index is 636. The third kappa shape index (κ3) is 1.38. The predicted octanol–water partition coefficient (Wildman–Crippen LogP) is 3.04. The van der Waals surface area contributed by atoms with Crippen LogP contribution in [-0.4, -0.2) is 16.1 Å². The summed E-state index contributed by atoms with van der Waals surface area (Å²) < 4.78 is 5.72. The molecule has 4 nitrogen and oxygen atoms in total. The lowest BCUT2D eigenvalue weighted by molar-refractivity contribution is 0.0698. The van der Waals surface area contributed by atoms with Crippen molar-refractivity contribution >= 4 is 17.1 Å². The molecule has 2 atom stereocenters. The molecule has 0 aliphatic heterocycles. The van der Waals surface area contributed by atoms with E-state index in [1.807, 2.05) is 6.07 Å². The SMILES string of the molecule is O=C(O)c1cccc2nc(C3CC4CC4C3)oc12. The highest BCUT2D eigenvalue weighted by atomic mass is 16.4. The molecule has 2 saturated carbocycles. The Balaban J connectivity index is 1.79. The third-order valence-corrected chi connectivity index (χ3v) is 4.25. The summed E-state index contributed by atoms with van der Waals surface area (Å²) in [6.07, 6.45) is 3.66. The summed E-state index contributed by atoms with van der Waals surface area (Å²) in [5.41, 5.74) is 1.28. The molecule has 4 heteroatoms. The summed E-state index contributed by atoms with van der Waals surface area (Å²) in [6.45, 7) is 0. The number of aromatic nitrogens is 1. The van der Waals surface area contributed by atoms with Crippen LogP contribution in [0.1, 0.15) is 41.4 Å². The number of para-hydroxylation sites is 1. The molecule has 1 N–H and O–H groups in total. The molecule has 1 aromatic heterocycles. The number of carboxylic acids is 1. The Kier molecular flexibility index (Phi) is 1.88. The van der Waals surface area contributed by atoms with E-state index in [1.54, 1.807) is 12.1 Å². The van der Waals surface area contributed by atoms with E-state index >= 15 is 0 Å². The molecule has 0 amide bonds. The molecule has 92 valence electrons. The molecule has 0 saturated heterocycles. The highest BCUT2D eigenvalue weighted by Gasteiger charge is 2.47. The number of fused-ring (bicyclic) bond motifs is 2. The van der Waals surface area contributed by atoms with Gasteiger partial charge in [-0.3, -0.25) is 0 Å². The molecule has 1 heterocycles. The third-order valence-electron chi connectivity index (χ3n) is 4.25. The van der Waals surface area contributed by atoms with Crippen LogP contribution in [0.3, 0.4) is 0 Å². The fraction of sp³-hybridized carbons (Fsp3) is 0.429. The lowest BCUT2D eigenvalue weighted by atomic mass is 10.0. The van der Waals surface area contributed by atoms with E-state index in [0.717, 1.165) is 30.6 Å². The Morgan fingerprint density at radius 2 is 2.06 bits per heavy atom. The van der Waals surface area contributed by atoms with Gasteiger partial charge in [-0.1, -0.05) is 6.07 Å². The van der Waals surface area contributed by atoms with E-state index in [0.29, 0.717) is 17.0 Å². The van der Waals surface area contributed by atoms with E-state index in [-0.39, 0.29) is 5.56 Å². The first kappa shape index (κ1) is 10.1. The molecule has 0 spiro atoms. The number of nitrogens with zero attached hydrogens (tertiary/aromatic N) is 1. The number of oxazole rings is 1. The summed E-state index contributed by atoms with van der Waals surface area (Å²) in [7, 11) is 0. The molecule has 1 aromatic carbocycles. The zero-order valence-electron chi connectivity index (χ0n) is 9.80. The Morgan fingerprint density at radius 3 is 2.78 bits per heavy atom. The molecule has 2 unspecified atom stereocenters. The number of carbonyl (C=O) groups is 1. The number of hydrogen-bond donors (Lipinski definition) is 1. The van der Waals surface area contributed by atoms with Crippen LogP contribution in [0, 0.1) is 11.8 Å². The Labute approximate surface area is 104 Å². The summed E-state index contributed by atoms with van der Waals surface area (Å²) in [6, 6.07) is 5.08. The lowest BCUT2D eigenvalue weighted by Gasteiger charge is -2.05. The van der Waals surface area contributed by atoms with E-state index in [1.165, 1.54) is 6.42 Å². The van der Waals surface area contributed by atoms with Crippen LogP contribution < -0.4 is 0 Å². The fourth-order valence-corrected chi connectivity index (χ4v) is 3.23. The van der Waals surface area contributed by atoms with Gasteiger partial charge in [0, 0.05) is 5.92 Å². The van der Waals surface area contributed by atoms with Gasteiger partial charge in [0.15, 0.2) is 11.5 Å². The molecule has 2 aliphatic carbocycles. The van der Waals surface area contributed by atoms with Crippen molar-refractivity contribution in [2.75, 3.05) is 0 Å². The van der Waals surface area contributed by atoms with Crippen molar-refractivity contribution in [1.29, 1.82) is 0 Å². The molecule has 0 bridgehead atoms. The maximum absolute atomic E-state index is 11.1. The van der Waals surface area contributed by atoms with Gasteiger partial charge in [0.2, 0.25) is 0 Å². The number of hydrogen-bond acceptors (Lipinski definition) is 3. The van der Waals surface area contributed by atoms with Crippen LogP contribution >= 0.6 is 0 Å². The average molecular weight is 243 g/mol. The zero-order chi connectivity index (χ0) is 12.3. The van der Waals surface area contributed by atoms with Crippen LogP contribution in [0.5, 0.6) is 0 Å². The minimum absolute atomic E-state index is 0.203. The monoisotopic (exact) mass is 243 g/mol. The summed E-state index contributed by atoms with van der Waals surface area (Å²) in [4.78, 5) is 15.6. The van der Waals surface area contributed by atoms with Gasteiger partial charge in [0.05, 0.1) is 0 Å². The minimum Gasteiger partial charge on any atom is -0.478 e. The second-order valence-electron chi connectivity index (χ2n) is 5.44. The van der Waals surface area contributed by atoms with Gasteiger partial charge in [-0.05, 0) is 43.2 Å². The first-order valence-electron chi connectivity index (χ1n) is 6.35. The molecule has 0 radical (unpaired) electrons. The minimum atomic E-state index is -0.961. The maximum Gasteiger partial charge on any atom is 0.339 e. The topological polar surface area (TPSA) is 63.3 Å². The van der Waals surface area contributed by atoms with Gasteiger partial charge < -0.3 is 9.52 Å². The standard InChI is InChI=1S/C14H13NO3/c16-14(17)10-2-1-3-11-12(10)18-13(15-11)9-5-7-4-8(7)6-9/h1-3,7-9H,4-6H2,(H,16,17). The molecule has 2 aromatic rings. The fourth-order valence-electron chi connectivity index (χ4n) is 3.23. The highest BCUT2D eigenvalue weighted by Crippen LogP contribution is 2.57. The van der Waals surface area contributed by atoms with E-state index in [9.17, 15) is 4.79 Å². The largest absolute Gasteiger partial charge is 0.478 e. The normalized spacial score (nSPS) is 29.4. The molecule has 2 aliphatic rings. The molecule has 18 heavy (non-hydrogen) atoms. The van der Waals surface area contributed by atoms with Crippen molar-refractivity contribution in [2.24, 2.45) is 11.8 Å². The van der Waals surface area contributed by atoms with Crippen molar-refractivity contribution in [2.45, 2.75) is 25.2 Å². The summed E-state index contributed by atoms with van der Waals surface area (Å²) in [5.74, 6) is 1.89. The maximum atomic E-state index is 11.1. The summed E-state index contributed by atoms with van der Waals surface area (Å²) in [5, 5.41) is 9.12. The zero-order valence-corrected chi connectivity index (χ0v) is 9.80. The van der Waals surface area contributed by atoms with E-state index in [4.69, 9.17) is 9.52 Å². The molecule has 2 fully saturated rings. The van der Waals surface area contributed by atoms with Crippen LogP contribution in [0.25, 0.3) is 11.1 Å². The summed E-state index contributed by atoms with van der Waals surface area (Å²) >= 11 is 0. The molecular formula is C14H13NO3. The van der Waals surface area contributed by atoms with Gasteiger partial charge in [-0.15, -0.1) is 0 Å². The van der Waals surface area contributed by atoms with Gasteiger partial charge in [-0.25, -0.2) is 9.78 Å².